The zero-order valence-electron chi connectivity index (χ0n) is 11.1. The fraction of sp³-hybridized carbons (Fsp3) is 0.200. The predicted octanol–water partition coefficient (Wildman–Crippen LogP) is 3.12. The topological polar surface area (TPSA) is 46.2 Å². The minimum absolute atomic E-state index is 0.00651. The average Bonchev–Trinajstić information content (AvgIpc) is 2.42. The van der Waals surface area contributed by atoms with Crippen LogP contribution in [0.15, 0.2) is 48.5 Å². The molecule has 0 radical (unpaired) electrons. The fourth-order valence-corrected chi connectivity index (χ4v) is 2.93. The van der Waals surface area contributed by atoms with Crippen LogP contribution in [0.3, 0.4) is 0 Å². The van der Waals surface area contributed by atoms with Gasteiger partial charge in [-0.05, 0) is 42.7 Å². The molecule has 0 saturated heterocycles. The zero-order valence-corrected chi connectivity index (χ0v) is 12.0. The highest BCUT2D eigenvalue weighted by atomic mass is 32.2. The highest BCUT2D eigenvalue weighted by Gasteiger charge is 2.11. The fourth-order valence-electron chi connectivity index (χ4n) is 1.84. The molecule has 0 amide bonds. The summed E-state index contributed by atoms with van der Waals surface area (Å²) in [4.78, 5) is 0. The lowest BCUT2D eigenvalue weighted by atomic mass is 10.2. The number of aryl methyl sites for hydroxylation is 2. The molecule has 0 heterocycles. The van der Waals surface area contributed by atoms with Crippen molar-refractivity contribution in [3.05, 3.63) is 65.5 Å². The van der Waals surface area contributed by atoms with E-state index in [4.69, 9.17) is 0 Å². The van der Waals surface area contributed by atoms with E-state index in [0.29, 0.717) is 17.7 Å². The minimum Gasteiger partial charge on any atom is -0.284 e. The summed E-state index contributed by atoms with van der Waals surface area (Å²) in [6.07, 6.45) is 0.441. The Kier molecular flexibility index (Phi) is 4.39. The molecule has 0 atom stereocenters. The number of sulfonamides is 1. The van der Waals surface area contributed by atoms with Crippen LogP contribution in [-0.2, 0) is 16.4 Å². The maximum atomic E-state index is 13.1. The number of hydrogen-bond donors (Lipinski definition) is 1. The third kappa shape index (κ3) is 4.06. The van der Waals surface area contributed by atoms with Gasteiger partial charge in [-0.1, -0.05) is 30.3 Å². The van der Waals surface area contributed by atoms with Crippen molar-refractivity contribution in [1.82, 2.24) is 0 Å². The molecule has 2 aromatic rings. The smallest absolute Gasteiger partial charge is 0.233 e. The van der Waals surface area contributed by atoms with Gasteiger partial charge in [0.15, 0.2) is 0 Å². The Balaban J connectivity index is 2.02. The summed E-state index contributed by atoms with van der Waals surface area (Å²) in [6.45, 7) is 1.59. The van der Waals surface area contributed by atoms with Crippen molar-refractivity contribution in [1.29, 1.82) is 0 Å². The van der Waals surface area contributed by atoms with Gasteiger partial charge in [-0.2, -0.15) is 0 Å². The second-order valence-electron chi connectivity index (χ2n) is 4.62. The third-order valence-electron chi connectivity index (χ3n) is 2.93. The van der Waals surface area contributed by atoms with Crippen LogP contribution in [0.2, 0.25) is 0 Å². The molecule has 106 valence electrons. The summed E-state index contributed by atoms with van der Waals surface area (Å²) in [5, 5.41) is 0. The normalized spacial score (nSPS) is 11.3. The van der Waals surface area contributed by atoms with Crippen LogP contribution in [0, 0.1) is 12.7 Å². The number of halogens is 1. The van der Waals surface area contributed by atoms with Crippen LogP contribution in [-0.4, -0.2) is 14.2 Å². The summed E-state index contributed by atoms with van der Waals surface area (Å²) in [5.41, 5.74) is 1.76. The van der Waals surface area contributed by atoms with Crippen LogP contribution < -0.4 is 4.72 Å². The van der Waals surface area contributed by atoms with Gasteiger partial charge in [-0.15, -0.1) is 0 Å². The van der Waals surface area contributed by atoms with Crippen LogP contribution in [0.5, 0.6) is 0 Å². The Labute approximate surface area is 118 Å². The summed E-state index contributed by atoms with van der Waals surface area (Å²) in [6, 6.07) is 13.6. The molecular formula is C15H16FNO2S. The molecule has 2 rings (SSSR count). The van der Waals surface area contributed by atoms with Gasteiger partial charge in [0.1, 0.15) is 5.82 Å². The molecule has 0 saturated carbocycles. The number of rotatable bonds is 5. The van der Waals surface area contributed by atoms with Crippen molar-refractivity contribution in [2.24, 2.45) is 0 Å². The van der Waals surface area contributed by atoms with E-state index in [-0.39, 0.29) is 11.6 Å². The molecule has 0 aromatic heterocycles. The molecule has 0 aliphatic rings. The number of anilines is 1. The zero-order chi connectivity index (χ0) is 14.6. The van der Waals surface area contributed by atoms with Gasteiger partial charge in [0.2, 0.25) is 10.0 Å². The van der Waals surface area contributed by atoms with Crippen molar-refractivity contribution < 1.29 is 12.8 Å². The molecule has 0 fully saturated rings. The maximum absolute atomic E-state index is 13.1. The molecule has 0 unspecified atom stereocenters. The van der Waals surface area contributed by atoms with Gasteiger partial charge >= 0.3 is 0 Å². The van der Waals surface area contributed by atoms with Crippen LogP contribution in [0.25, 0.3) is 0 Å². The molecule has 0 aliphatic carbocycles. The van der Waals surface area contributed by atoms with E-state index in [1.807, 2.05) is 30.3 Å². The molecule has 0 spiro atoms. The minimum atomic E-state index is -3.43. The van der Waals surface area contributed by atoms with E-state index in [1.165, 1.54) is 18.2 Å². The quantitative estimate of drug-likeness (QED) is 0.920. The standard InChI is InChI=1S/C15H16FNO2S/c1-12-11-14(7-8-15(12)16)17-20(18,19)10-9-13-5-3-2-4-6-13/h2-8,11,17H,9-10H2,1H3. The SMILES string of the molecule is Cc1cc(NS(=O)(=O)CCc2ccccc2)ccc1F. The van der Waals surface area contributed by atoms with Crippen molar-refractivity contribution in [2.75, 3.05) is 10.5 Å². The lowest BCUT2D eigenvalue weighted by Gasteiger charge is -2.09. The number of benzene rings is 2. The Hall–Kier alpha value is -1.88. The maximum Gasteiger partial charge on any atom is 0.233 e. The molecule has 5 heteroatoms. The first kappa shape index (κ1) is 14.5. The molecule has 1 N–H and O–H groups in total. The predicted molar refractivity (Wildman–Crippen MR) is 78.7 cm³/mol. The largest absolute Gasteiger partial charge is 0.284 e. The highest BCUT2D eigenvalue weighted by molar-refractivity contribution is 7.92. The van der Waals surface area contributed by atoms with Crippen molar-refractivity contribution in [3.8, 4) is 0 Å². The average molecular weight is 293 g/mol. The molecule has 20 heavy (non-hydrogen) atoms. The Morgan fingerprint density at radius 2 is 1.80 bits per heavy atom. The first-order chi connectivity index (χ1) is 9.46. The van der Waals surface area contributed by atoms with Crippen molar-refractivity contribution >= 4 is 15.7 Å². The van der Waals surface area contributed by atoms with Crippen LogP contribution in [0.1, 0.15) is 11.1 Å². The summed E-state index contributed by atoms with van der Waals surface area (Å²) >= 11 is 0. The Bertz CT molecular complexity index is 684. The summed E-state index contributed by atoms with van der Waals surface area (Å²) < 4.78 is 39.5. The number of nitrogens with one attached hydrogen (secondary N) is 1. The highest BCUT2D eigenvalue weighted by Crippen LogP contribution is 2.15. The second-order valence-corrected chi connectivity index (χ2v) is 6.46. The van der Waals surface area contributed by atoms with E-state index < -0.39 is 10.0 Å². The molecular weight excluding hydrogens is 277 g/mol. The number of hydrogen-bond acceptors (Lipinski definition) is 2. The van der Waals surface area contributed by atoms with Gasteiger partial charge in [0.05, 0.1) is 5.75 Å². The van der Waals surface area contributed by atoms with Gasteiger partial charge in [-0.25, -0.2) is 12.8 Å². The lowest BCUT2D eigenvalue weighted by molar-refractivity contribution is 0.600. The lowest BCUT2D eigenvalue weighted by Crippen LogP contribution is -2.18. The molecule has 3 nitrogen and oxygen atoms in total. The van der Waals surface area contributed by atoms with E-state index in [2.05, 4.69) is 4.72 Å². The van der Waals surface area contributed by atoms with E-state index in [0.717, 1.165) is 5.56 Å². The summed E-state index contributed by atoms with van der Waals surface area (Å²) in [5.74, 6) is -0.356. The van der Waals surface area contributed by atoms with E-state index in [9.17, 15) is 12.8 Å². The molecule has 2 aromatic carbocycles. The monoisotopic (exact) mass is 293 g/mol. The Morgan fingerprint density at radius 1 is 1.10 bits per heavy atom. The van der Waals surface area contributed by atoms with Gasteiger partial charge in [0, 0.05) is 5.69 Å². The van der Waals surface area contributed by atoms with Gasteiger partial charge < -0.3 is 0 Å². The summed E-state index contributed by atoms with van der Waals surface area (Å²) in [7, 11) is -3.43. The molecule has 0 bridgehead atoms. The first-order valence-electron chi connectivity index (χ1n) is 6.27. The Morgan fingerprint density at radius 3 is 2.45 bits per heavy atom. The van der Waals surface area contributed by atoms with Crippen molar-refractivity contribution in [2.45, 2.75) is 13.3 Å². The first-order valence-corrected chi connectivity index (χ1v) is 7.92. The molecule has 0 aliphatic heterocycles. The van der Waals surface area contributed by atoms with Gasteiger partial charge in [0.25, 0.3) is 0 Å². The van der Waals surface area contributed by atoms with Crippen LogP contribution in [0.4, 0.5) is 10.1 Å². The van der Waals surface area contributed by atoms with E-state index in [1.54, 1.807) is 6.92 Å². The van der Waals surface area contributed by atoms with Gasteiger partial charge in [-0.3, -0.25) is 4.72 Å². The van der Waals surface area contributed by atoms with Crippen molar-refractivity contribution in [3.63, 3.8) is 0 Å². The second kappa shape index (κ2) is 6.05. The van der Waals surface area contributed by atoms with Crippen LogP contribution >= 0.6 is 0 Å². The third-order valence-corrected chi connectivity index (χ3v) is 4.22. The van der Waals surface area contributed by atoms with E-state index >= 15 is 0 Å².